The molecule has 5 heteroatoms. The first-order valence-electron chi connectivity index (χ1n) is 7.55. The van der Waals surface area contributed by atoms with Crippen molar-refractivity contribution in [3.05, 3.63) is 53.6 Å². The number of anilines is 1. The van der Waals surface area contributed by atoms with E-state index in [1.54, 1.807) is 32.4 Å². The number of hydrogen-bond donors (Lipinski definition) is 1. The summed E-state index contributed by atoms with van der Waals surface area (Å²) in [5, 5.41) is 12.2. The largest absolute Gasteiger partial charge is 0.497 e. The van der Waals surface area contributed by atoms with Gasteiger partial charge in [0, 0.05) is 12.1 Å². The summed E-state index contributed by atoms with van der Waals surface area (Å²) in [6, 6.07) is 14.8. The van der Waals surface area contributed by atoms with Crippen LogP contribution in [0.3, 0.4) is 0 Å². The summed E-state index contributed by atoms with van der Waals surface area (Å²) in [6.45, 7) is 1.97. The van der Waals surface area contributed by atoms with E-state index >= 15 is 0 Å². The van der Waals surface area contributed by atoms with E-state index < -0.39 is 5.92 Å². The van der Waals surface area contributed by atoms with Gasteiger partial charge in [-0.3, -0.25) is 4.79 Å². The van der Waals surface area contributed by atoms with Crippen molar-refractivity contribution in [3.8, 4) is 17.6 Å². The van der Waals surface area contributed by atoms with Crippen LogP contribution in [0.4, 0.5) is 5.69 Å². The summed E-state index contributed by atoms with van der Waals surface area (Å²) in [5.41, 5.74) is 2.52. The summed E-state index contributed by atoms with van der Waals surface area (Å²) < 4.78 is 10.5. The van der Waals surface area contributed by atoms with Crippen molar-refractivity contribution < 1.29 is 14.3 Å². The minimum atomic E-state index is -0.827. The number of carbonyl (C=O) groups is 1. The first-order valence-corrected chi connectivity index (χ1v) is 7.55. The molecule has 24 heavy (non-hydrogen) atoms. The molecule has 0 aliphatic heterocycles. The van der Waals surface area contributed by atoms with E-state index in [4.69, 9.17) is 9.47 Å². The van der Waals surface area contributed by atoms with E-state index in [0.717, 1.165) is 11.1 Å². The van der Waals surface area contributed by atoms with Crippen LogP contribution in [0, 0.1) is 24.2 Å². The number of amides is 1. The third-order valence-corrected chi connectivity index (χ3v) is 3.70. The maximum atomic E-state index is 12.4. The molecule has 0 fully saturated rings. The summed E-state index contributed by atoms with van der Waals surface area (Å²) in [4.78, 5) is 12.4. The zero-order chi connectivity index (χ0) is 17.5. The van der Waals surface area contributed by atoms with Gasteiger partial charge in [-0.25, -0.2) is 0 Å². The molecule has 1 amide bonds. The first-order chi connectivity index (χ1) is 11.6. The molecular weight excluding hydrogens is 304 g/mol. The topological polar surface area (TPSA) is 71.3 Å². The number of carbonyl (C=O) groups excluding carboxylic acids is 1. The Balaban J connectivity index is 2.15. The number of hydrogen-bond acceptors (Lipinski definition) is 4. The molecule has 1 atom stereocenters. The number of methoxy groups -OCH3 is 2. The highest BCUT2D eigenvalue weighted by molar-refractivity contribution is 5.94. The fourth-order valence-corrected chi connectivity index (χ4v) is 2.32. The van der Waals surface area contributed by atoms with Gasteiger partial charge in [-0.2, -0.15) is 5.26 Å². The first kappa shape index (κ1) is 17.4. The molecule has 124 valence electrons. The van der Waals surface area contributed by atoms with Gasteiger partial charge < -0.3 is 14.8 Å². The summed E-state index contributed by atoms with van der Waals surface area (Å²) in [5.74, 6) is 0.110. The van der Waals surface area contributed by atoms with Crippen LogP contribution in [0.5, 0.6) is 11.5 Å². The fraction of sp³-hybridized carbons (Fsp3) is 0.263. The quantitative estimate of drug-likeness (QED) is 0.884. The van der Waals surface area contributed by atoms with Gasteiger partial charge in [0.1, 0.15) is 17.4 Å². The number of rotatable bonds is 6. The highest BCUT2D eigenvalue weighted by Crippen LogP contribution is 2.26. The molecule has 0 saturated heterocycles. The molecule has 0 bridgehead atoms. The van der Waals surface area contributed by atoms with Crippen LogP contribution in [0.2, 0.25) is 0 Å². The van der Waals surface area contributed by atoms with Crippen molar-refractivity contribution in [3.63, 3.8) is 0 Å². The molecular formula is C19H20N2O3. The molecule has 1 N–H and O–H groups in total. The Morgan fingerprint density at radius 3 is 2.46 bits per heavy atom. The van der Waals surface area contributed by atoms with Crippen molar-refractivity contribution in [2.75, 3.05) is 19.5 Å². The summed E-state index contributed by atoms with van der Waals surface area (Å²) in [6.07, 6.45) is 0.245. The van der Waals surface area contributed by atoms with E-state index in [2.05, 4.69) is 11.4 Å². The smallest absolute Gasteiger partial charge is 0.242 e. The number of nitriles is 1. The van der Waals surface area contributed by atoms with Gasteiger partial charge in [-0.15, -0.1) is 0 Å². The SMILES string of the molecule is COc1ccc(OC)c(CC(C#N)C(=O)Nc2ccc(C)cc2)c1. The molecule has 5 nitrogen and oxygen atoms in total. The summed E-state index contributed by atoms with van der Waals surface area (Å²) >= 11 is 0. The maximum Gasteiger partial charge on any atom is 0.242 e. The molecule has 2 aromatic rings. The number of nitrogens with zero attached hydrogens (tertiary/aromatic N) is 1. The molecule has 1 unspecified atom stereocenters. The second-order valence-corrected chi connectivity index (χ2v) is 5.42. The molecule has 0 radical (unpaired) electrons. The molecule has 0 aromatic heterocycles. The van der Waals surface area contributed by atoms with Crippen LogP contribution in [0.1, 0.15) is 11.1 Å². The lowest BCUT2D eigenvalue weighted by atomic mass is 9.98. The van der Waals surface area contributed by atoms with Crippen molar-refractivity contribution in [1.82, 2.24) is 0 Å². The van der Waals surface area contributed by atoms with Gasteiger partial charge in [0.2, 0.25) is 5.91 Å². The van der Waals surface area contributed by atoms with Crippen LogP contribution >= 0.6 is 0 Å². The Morgan fingerprint density at radius 1 is 1.17 bits per heavy atom. The van der Waals surface area contributed by atoms with E-state index in [9.17, 15) is 10.1 Å². The van der Waals surface area contributed by atoms with Gasteiger partial charge in [0.25, 0.3) is 0 Å². The Hall–Kier alpha value is -3.00. The van der Waals surface area contributed by atoms with Gasteiger partial charge in [0.15, 0.2) is 0 Å². The van der Waals surface area contributed by atoms with Crippen LogP contribution in [-0.2, 0) is 11.2 Å². The zero-order valence-corrected chi connectivity index (χ0v) is 14.0. The Bertz CT molecular complexity index is 748. The zero-order valence-electron chi connectivity index (χ0n) is 14.0. The van der Waals surface area contributed by atoms with Crippen molar-refractivity contribution in [2.24, 2.45) is 5.92 Å². The Labute approximate surface area is 141 Å². The molecule has 0 aliphatic rings. The second kappa shape index (κ2) is 8.02. The van der Waals surface area contributed by atoms with Crippen molar-refractivity contribution >= 4 is 11.6 Å². The van der Waals surface area contributed by atoms with E-state index in [-0.39, 0.29) is 12.3 Å². The summed E-state index contributed by atoms with van der Waals surface area (Å²) in [7, 11) is 3.12. The van der Waals surface area contributed by atoms with Crippen LogP contribution < -0.4 is 14.8 Å². The molecule has 2 rings (SSSR count). The van der Waals surface area contributed by atoms with E-state index in [0.29, 0.717) is 17.2 Å². The third kappa shape index (κ3) is 4.26. The van der Waals surface area contributed by atoms with E-state index in [1.807, 2.05) is 31.2 Å². The average molecular weight is 324 g/mol. The Kier molecular flexibility index (Phi) is 5.80. The van der Waals surface area contributed by atoms with Gasteiger partial charge >= 0.3 is 0 Å². The number of nitrogens with one attached hydrogen (secondary N) is 1. The standard InChI is InChI=1S/C19H20N2O3/c1-13-4-6-16(7-5-13)21-19(22)15(12-20)10-14-11-17(23-2)8-9-18(14)24-3/h4-9,11,15H,10H2,1-3H3,(H,21,22). The maximum absolute atomic E-state index is 12.4. The van der Waals surface area contributed by atoms with E-state index in [1.165, 1.54) is 0 Å². The van der Waals surface area contributed by atoms with Gasteiger partial charge in [-0.05, 0) is 42.8 Å². The normalized spacial score (nSPS) is 11.2. The predicted octanol–water partition coefficient (Wildman–Crippen LogP) is 3.33. The Morgan fingerprint density at radius 2 is 1.88 bits per heavy atom. The second-order valence-electron chi connectivity index (χ2n) is 5.42. The lowest BCUT2D eigenvalue weighted by Gasteiger charge is -2.14. The lowest BCUT2D eigenvalue weighted by molar-refractivity contribution is -0.118. The highest BCUT2D eigenvalue weighted by atomic mass is 16.5. The molecule has 0 heterocycles. The average Bonchev–Trinajstić information content (AvgIpc) is 2.61. The van der Waals surface area contributed by atoms with Crippen LogP contribution in [-0.4, -0.2) is 20.1 Å². The van der Waals surface area contributed by atoms with Crippen LogP contribution in [0.15, 0.2) is 42.5 Å². The molecule has 0 aliphatic carbocycles. The fourth-order valence-electron chi connectivity index (χ4n) is 2.32. The highest BCUT2D eigenvalue weighted by Gasteiger charge is 2.21. The third-order valence-electron chi connectivity index (χ3n) is 3.70. The lowest BCUT2D eigenvalue weighted by Crippen LogP contribution is -2.23. The number of benzene rings is 2. The molecule has 2 aromatic carbocycles. The minimum Gasteiger partial charge on any atom is -0.497 e. The monoisotopic (exact) mass is 324 g/mol. The predicted molar refractivity (Wildman–Crippen MR) is 92.2 cm³/mol. The minimum absolute atomic E-state index is 0.245. The van der Waals surface area contributed by atoms with Gasteiger partial charge in [0.05, 0.1) is 20.3 Å². The number of ether oxygens (including phenoxy) is 2. The molecule has 0 saturated carbocycles. The number of aryl methyl sites for hydroxylation is 1. The molecule has 0 spiro atoms. The van der Waals surface area contributed by atoms with Gasteiger partial charge in [-0.1, -0.05) is 17.7 Å². The van der Waals surface area contributed by atoms with Crippen LogP contribution in [0.25, 0.3) is 0 Å². The van der Waals surface area contributed by atoms with Crippen molar-refractivity contribution in [1.29, 1.82) is 5.26 Å². The van der Waals surface area contributed by atoms with Crippen molar-refractivity contribution in [2.45, 2.75) is 13.3 Å².